The molecule has 0 aromatic carbocycles. The average molecular weight is 976 g/mol. The minimum Gasteiger partial charge on any atom is -0.466 e. The van der Waals surface area contributed by atoms with Crippen LogP contribution >= 0.6 is 0 Å². The summed E-state index contributed by atoms with van der Waals surface area (Å²) in [6.45, 7) is 4.20. The third-order valence-corrected chi connectivity index (χ3v) is 13.2. The molecule has 7 atom stereocenters. The molecule has 1 rings (SSSR count). The molecule has 1 aliphatic rings. The Morgan fingerprint density at radius 2 is 0.986 bits per heavy atom. The van der Waals surface area contributed by atoms with Gasteiger partial charge in [-0.25, -0.2) is 0 Å². The standard InChI is InChI=1S/C58H105NO10/c1-3-5-7-9-11-13-14-15-16-17-20-23-26-30-34-38-42-46-54(63)67-47-43-39-35-31-27-24-21-18-19-22-25-29-33-37-41-45-53(62)59-50(51(61)44-40-36-32-28-12-10-8-6-4-2)49-68-58-57(66)56(65)55(64)52(48-60)69-58/h12,18,21,24,27-28,40,44,50-52,55-58,60-61,64-66H,3-11,13-17,19-20,22-23,25-26,29-39,41-43,45-49H2,1-2H3,(H,59,62)/b21-18-,27-24-,28-12+,44-40+. The monoisotopic (exact) mass is 976 g/mol. The molecule has 7 unspecified atom stereocenters. The summed E-state index contributed by atoms with van der Waals surface area (Å²) in [6, 6.07) is -0.843. The van der Waals surface area contributed by atoms with Gasteiger partial charge in [0.1, 0.15) is 24.4 Å². The molecule has 0 radical (unpaired) electrons. The first kappa shape index (κ1) is 64.6. The van der Waals surface area contributed by atoms with Gasteiger partial charge in [-0.3, -0.25) is 9.59 Å². The number of amides is 1. The molecule has 1 saturated heterocycles. The number of esters is 1. The lowest BCUT2D eigenvalue weighted by Crippen LogP contribution is -2.60. The van der Waals surface area contributed by atoms with E-state index in [2.05, 4.69) is 55.6 Å². The van der Waals surface area contributed by atoms with Gasteiger partial charge in [-0.1, -0.05) is 204 Å². The highest BCUT2D eigenvalue weighted by Gasteiger charge is 2.44. The van der Waals surface area contributed by atoms with Gasteiger partial charge in [-0.2, -0.15) is 0 Å². The van der Waals surface area contributed by atoms with Crippen LogP contribution in [0.4, 0.5) is 0 Å². The van der Waals surface area contributed by atoms with E-state index < -0.39 is 49.5 Å². The number of hydrogen-bond acceptors (Lipinski definition) is 10. The molecule has 0 bridgehead atoms. The second kappa shape index (κ2) is 47.9. The quantitative estimate of drug-likeness (QED) is 0.0149. The summed E-state index contributed by atoms with van der Waals surface area (Å²) in [7, 11) is 0. The highest BCUT2D eigenvalue weighted by atomic mass is 16.7. The SMILES string of the molecule is CCCCC/C=C/CC/C=C/C(O)C(COC1OC(CO)C(O)C(O)C1O)NC(=O)CCCCCCCC/C=C\C=C/CCCCCOC(=O)CCCCCCCCCCCCCCCCCCC. The fraction of sp³-hybridized carbons (Fsp3) is 0.828. The highest BCUT2D eigenvalue weighted by molar-refractivity contribution is 5.76. The summed E-state index contributed by atoms with van der Waals surface area (Å²) in [5.74, 6) is -0.257. The molecule has 0 aromatic heterocycles. The van der Waals surface area contributed by atoms with Crippen LogP contribution in [0.25, 0.3) is 0 Å². The number of hydrogen-bond donors (Lipinski definition) is 6. The van der Waals surface area contributed by atoms with Crippen molar-refractivity contribution in [3.63, 3.8) is 0 Å². The Morgan fingerprint density at radius 3 is 1.55 bits per heavy atom. The third-order valence-electron chi connectivity index (χ3n) is 13.2. The first-order valence-electron chi connectivity index (χ1n) is 28.4. The Labute approximate surface area is 421 Å². The van der Waals surface area contributed by atoms with Crippen molar-refractivity contribution < 1.29 is 49.3 Å². The molecule has 0 aromatic rings. The van der Waals surface area contributed by atoms with Crippen LogP contribution in [0.2, 0.25) is 0 Å². The van der Waals surface area contributed by atoms with E-state index in [4.69, 9.17) is 14.2 Å². The van der Waals surface area contributed by atoms with Crippen molar-refractivity contribution in [1.82, 2.24) is 5.32 Å². The molecular formula is C58H105NO10. The largest absolute Gasteiger partial charge is 0.466 e. The smallest absolute Gasteiger partial charge is 0.305 e. The number of unbranched alkanes of at least 4 members (excludes halogenated alkanes) is 29. The van der Waals surface area contributed by atoms with Gasteiger partial charge in [-0.15, -0.1) is 0 Å². The summed E-state index contributed by atoms with van der Waals surface area (Å²) < 4.78 is 16.6. The summed E-state index contributed by atoms with van der Waals surface area (Å²) >= 11 is 0. The zero-order valence-corrected chi connectivity index (χ0v) is 44.0. The number of rotatable bonds is 48. The molecule has 0 aliphatic carbocycles. The summed E-state index contributed by atoms with van der Waals surface area (Å²) in [5.41, 5.74) is 0. The van der Waals surface area contributed by atoms with E-state index in [-0.39, 0.29) is 18.5 Å². The second-order valence-corrected chi connectivity index (χ2v) is 19.7. The van der Waals surface area contributed by atoms with Gasteiger partial charge in [-0.05, 0) is 77.0 Å². The second-order valence-electron chi connectivity index (χ2n) is 19.7. The van der Waals surface area contributed by atoms with Crippen molar-refractivity contribution in [3.8, 4) is 0 Å². The van der Waals surface area contributed by atoms with Crippen LogP contribution in [-0.2, 0) is 23.8 Å². The highest BCUT2D eigenvalue weighted by Crippen LogP contribution is 2.23. The number of carbonyl (C=O) groups excluding carboxylic acids is 2. The van der Waals surface area contributed by atoms with Crippen LogP contribution in [0, 0.1) is 0 Å². The molecule has 1 heterocycles. The third kappa shape index (κ3) is 38.0. The van der Waals surface area contributed by atoms with Crippen LogP contribution in [0.15, 0.2) is 48.6 Å². The van der Waals surface area contributed by atoms with Crippen molar-refractivity contribution in [2.24, 2.45) is 0 Å². The number of allylic oxidation sites excluding steroid dienone is 7. The van der Waals surface area contributed by atoms with Gasteiger partial charge in [0.05, 0.1) is 32.0 Å². The van der Waals surface area contributed by atoms with Crippen molar-refractivity contribution in [2.45, 2.75) is 288 Å². The summed E-state index contributed by atoms with van der Waals surface area (Å²) in [4.78, 5) is 25.0. The maximum absolute atomic E-state index is 13.0. The van der Waals surface area contributed by atoms with E-state index in [1.54, 1.807) is 6.08 Å². The van der Waals surface area contributed by atoms with Gasteiger partial charge in [0, 0.05) is 12.8 Å². The van der Waals surface area contributed by atoms with Crippen LogP contribution < -0.4 is 5.32 Å². The van der Waals surface area contributed by atoms with E-state index in [1.807, 2.05) is 6.08 Å². The number of ether oxygens (including phenoxy) is 3. The van der Waals surface area contributed by atoms with Gasteiger partial charge >= 0.3 is 5.97 Å². The molecule has 1 fully saturated rings. The number of carbonyl (C=O) groups is 2. The van der Waals surface area contributed by atoms with Crippen LogP contribution in [-0.4, -0.2) is 100 Å². The fourth-order valence-corrected chi connectivity index (χ4v) is 8.62. The molecule has 11 heteroatoms. The average Bonchev–Trinajstić information content (AvgIpc) is 3.34. The van der Waals surface area contributed by atoms with E-state index in [9.17, 15) is 35.1 Å². The maximum Gasteiger partial charge on any atom is 0.305 e. The Kier molecular flexibility index (Phi) is 44.9. The van der Waals surface area contributed by atoms with Crippen molar-refractivity contribution >= 4 is 11.9 Å². The molecule has 11 nitrogen and oxygen atoms in total. The first-order valence-corrected chi connectivity index (χ1v) is 28.4. The topological polar surface area (TPSA) is 175 Å². The Bertz CT molecular complexity index is 1290. The van der Waals surface area contributed by atoms with E-state index in [0.29, 0.717) is 19.4 Å². The van der Waals surface area contributed by atoms with Crippen molar-refractivity contribution in [2.75, 3.05) is 19.8 Å². The van der Waals surface area contributed by atoms with Gasteiger partial charge in [0.25, 0.3) is 0 Å². The fourth-order valence-electron chi connectivity index (χ4n) is 8.62. The molecule has 0 spiro atoms. The zero-order valence-electron chi connectivity index (χ0n) is 44.0. The van der Waals surface area contributed by atoms with Gasteiger partial charge < -0.3 is 45.1 Å². The number of aliphatic hydroxyl groups excluding tert-OH is 5. The minimum absolute atomic E-state index is 0.0388. The van der Waals surface area contributed by atoms with E-state index in [0.717, 1.165) is 103 Å². The molecule has 402 valence electrons. The van der Waals surface area contributed by atoms with Crippen molar-refractivity contribution in [3.05, 3.63) is 48.6 Å². The Balaban J connectivity index is 2.09. The van der Waals surface area contributed by atoms with Gasteiger partial charge in [0.15, 0.2) is 6.29 Å². The summed E-state index contributed by atoms with van der Waals surface area (Å²) in [5, 5.41) is 54.1. The predicted octanol–water partition coefficient (Wildman–Crippen LogP) is 12.5. The Hall–Kier alpha value is -2.38. The number of nitrogens with one attached hydrogen (secondary N) is 1. The molecule has 6 N–H and O–H groups in total. The van der Waals surface area contributed by atoms with E-state index >= 15 is 0 Å². The molecular weight excluding hydrogens is 871 g/mol. The molecule has 0 saturated carbocycles. The minimum atomic E-state index is -1.58. The van der Waals surface area contributed by atoms with Crippen molar-refractivity contribution in [1.29, 1.82) is 0 Å². The van der Waals surface area contributed by atoms with Crippen LogP contribution in [0.1, 0.15) is 245 Å². The van der Waals surface area contributed by atoms with E-state index in [1.165, 1.54) is 116 Å². The lowest BCUT2D eigenvalue weighted by atomic mass is 9.99. The Morgan fingerprint density at radius 1 is 0.536 bits per heavy atom. The zero-order chi connectivity index (χ0) is 50.3. The molecule has 1 aliphatic heterocycles. The molecule has 69 heavy (non-hydrogen) atoms. The lowest BCUT2D eigenvalue weighted by Gasteiger charge is -2.40. The number of aliphatic hydroxyl groups is 5. The first-order chi connectivity index (χ1) is 33.7. The van der Waals surface area contributed by atoms with Crippen LogP contribution in [0.3, 0.4) is 0 Å². The summed E-state index contributed by atoms with van der Waals surface area (Å²) in [6.07, 6.45) is 49.3. The maximum atomic E-state index is 13.0. The predicted molar refractivity (Wildman–Crippen MR) is 283 cm³/mol. The normalized spacial score (nSPS) is 19.7. The van der Waals surface area contributed by atoms with Gasteiger partial charge in [0.2, 0.25) is 5.91 Å². The molecule has 1 amide bonds. The lowest BCUT2D eigenvalue weighted by molar-refractivity contribution is -0.302. The van der Waals surface area contributed by atoms with Crippen LogP contribution in [0.5, 0.6) is 0 Å².